The van der Waals surface area contributed by atoms with E-state index >= 15 is 0 Å². The summed E-state index contributed by atoms with van der Waals surface area (Å²) in [5.41, 5.74) is 0.691. The highest BCUT2D eigenvalue weighted by Gasteiger charge is 2.08. The molecule has 0 radical (unpaired) electrons. The summed E-state index contributed by atoms with van der Waals surface area (Å²) in [6.07, 6.45) is 5.40. The van der Waals surface area contributed by atoms with Crippen molar-refractivity contribution in [2.75, 3.05) is 0 Å². The van der Waals surface area contributed by atoms with Crippen molar-refractivity contribution in [3.05, 3.63) is 51.0 Å². The third kappa shape index (κ3) is 2.35. The molecule has 2 heterocycles. The van der Waals surface area contributed by atoms with E-state index in [1.165, 1.54) is 0 Å². The van der Waals surface area contributed by atoms with Crippen LogP contribution in [-0.2, 0) is 0 Å². The number of fused-ring (bicyclic) bond motifs is 1. The lowest BCUT2D eigenvalue weighted by atomic mass is 10.3. The summed E-state index contributed by atoms with van der Waals surface area (Å²) in [6, 6.07) is 7.78. The van der Waals surface area contributed by atoms with Gasteiger partial charge >= 0.3 is 0 Å². The molecule has 0 aliphatic rings. The predicted octanol–water partition coefficient (Wildman–Crippen LogP) is 3.89. The summed E-state index contributed by atoms with van der Waals surface area (Å²) in [7, 11) is 0. The molecule has 0 fully saturated rings. The quantitative estimate of drug-likeness (QED) is 0.596. The Morgan fingerprint density at radius 3 is 2.78 bits per heavy atom. The lowest BCUT2D eigenvalue weighted by molar-refractivity contribution is 0.463. The Balaban J connectivity index is 2.03. The van der Waals surface area contributed by atoms with E-state index in [1.54, 1.807) is 6.20 Å². The van der Waals surface area contributed by atoms with Crippen LogP contribution < -0.4 is 4.74 Å². The molecule has 0 aliphatic carbocycles. The maximum atomic E-state index is 5.76. The lowest BCUT2D eigenvalue weighted by Crippen LogP contribution is -1.94. The summed E-state index contributed by atoms with van der Waals surface area (Å²) in [4.78, 5) is 8.53. The molecular weight excluding hydrogens is 409 g/mol. The fraction of sp³-hybridized carbons (Fsp3) is 0. The molecule has 6 heteroatoms. The highest BCUT2D eigenvalue weighted by Crippen LogP contribution is 2.25. The fourth-order valence-corrected chi connectivity index (χ4v) is 2.30. The molecule has 0 saturated carbocycles. The SMILES string of the molecule is Brc1cn2ccnc2c(Oc2ccc(I)cc2)n1. The Morgan fingerprint density at radius 2 is 2.00 bits per heavy atom. The zero-order chi connectivity index (χ0) is 12.5. The van der Waals surface area contributed by atoms with E-state index in [0.29, 0.717) is 16.1 Å². The van der Waals surface area contributed by atoms with Crippen LogP contribution in [0.25, 0.3) is 5.65 Å². The number of imidazole rings is 1. The third-order valence-electron chi connectivity index (χ3n) is 2.34. The van der Waals surface area contributed by atoms with E-state index in [1.807, 2.05) is 41.1 Å². The fourth-order valence-electron chi connectivity index (χ4n) is 1.56. The molecule has 1 aromatic carbocycles. The van der Waals surface area contributed by atoms with Gasteiger partial charge < -0.3 is 4.74 Å². The minimum absolute atomic E-state index is 0.482. The van der Waals surface area contributed by atoms with Crippen LogP contribution in [0.2, 0.25) is 0 Å². The maximum absolute atomic E-state index is 5.76. The number of ether oxygens (including phenoxy) is 1. The van der Waals surface area contributed by atoms with Crippen LogP contribution in [0.5, 0.6) is 11.6 Å². The summed E-state index contributed by atoms with van der Waals surface area (Å²) in [5, 5.41) is 0. The van der Waals surface area contributed by atoms with Crippen LogP contribution in [0.1, 0.15) is 0 Å². The van der Waals surface area contributed by atoms with Crippen LogP contribution in [-0.4, -0.2) is 14.4 Å². The first-order valence-electron chi connectivity index (χ1n) is 5.15. The summed E-state index contributed by atoms with van der Waals surface area (Å²) in [5.74, 6) is 1.22. The van der Waals surface area contributed by atoms with Gasteiger partial charge in [0.25, 0.3) is 5.88 Å². The number of nitrogens with zero attached hydrogens (tertiary/aromatic N) is 3. The highest BCUT2D eigenvalue weighted by atomic mass is 127. The highest BCUT2D eigenvalue weighted by molar-refractivity contribution is 14.1. The predicted molar refractivity (Wildman–Crippen MR) is 79.9 cm³/mol. The Bertz CT molecular complexity index is 696. The maximum Gasteiger partial charge on any atom is 0.264 e. The van der Waals surface area contributed by atoms with Crippen LogP contribution in [0.15, 0.2) is 47.5 Å². The van der Waals surface area contributed by atoms with Gasteiger partial charge in [0.05, 0.1) is 0 Å². The molecule has 2 aromatic heterocycles. The second-order valence-corrected chi connectivity index (χ2v) is 5.64. The lowest BCUT2D eigenvalue weighted by Gasteiger charge is -2.06. The summed E-state index contributed by atoms with van der Waals surface area (Å²) in [6.45, 7) is 0. The minimum atomic E-state index is 0.482. The first-order valence-corrected chi connectivity index (χ1v) is 7.02. The standard InChI is InChI=1S/C12H7BrIN3O/c13-10-7-17-6-5-15-11(17)12(16-10)18-9-3-1-8(14)2-4-9/h1-7H. The molecule has 0 atom stereocenters. The molecule has 0 saturated heterocycles. The number of hydrogen-bond acceptors (Lipinski definition) is 3. The van der Waals surface area contributed by atoms with Crippen molar-refractivity contribution in [1.29, 1.82) is 0 Å². The van der Waals surface area contributed by atoms with E-state index in [2.05, 4.69) is 48.5 Å². The van der Waals surface area contributed by atoms with Crippen molar-refractivity contribution in [3.63, 3.8) is 0 Å². The molecule has 0 spiro atoms. The molecule has 3 aromatic rings. The Hall–Kier alpha value is -1.15. The number of benzene rings is 1. The van der Waals surface area contributed by atoms with Crippen LogP contribution in [0, 0.1) is 3.57 Å². The smallest absolute Gasteiger partial charge is 0.264 e. The van der Waals surface area contributed by atoms with Gasteiger partial charge in [0, 0.05) is 22.2 Å². The monoisotopic (exact) mass is 415 g/mol. The van der Waals surface area contributed by atoms with Crippen LogP contribution in [0.4, 0.5) is 0 Å². The molecule has 0 bridgehead atoms. The third-order valence-corrected chi connectivity index (χ3v) is 3.44. The van der Waals surface area contributed by atoms with Crippen LogP contribution >= 0.6 is 38.5 Å². The number of aromatic nitrogens is 3. The minimum Gasteiger partial charge on any atom is -0.436 e. The average Bonchev–Trinajstić information content (AvgIpc) is 2.80. The van der Waals surface area contributed by atoms with Crippen molar-refractivity contribution in [2.45, 2.75) is 0 Å². The first kappa shape index (κ1) is 11.9. The summed E-state index contributed by atoms with van der Waals surface area (Å²) >= 11 is 5.60. The number of halogens is 2. The van der Waals surface area contributed by atoms with Gasteiger partial charge in [0.2, 0.25) is 5.65 Å². The number of rotatable bonds is 2. The van der Waals surface area contributed by atoms with Crippen molar-refractivity contribution < 1.29 is 4.74 Å². The molecule has 0 amide bonds. The topological polar surface area (TPSA) is 39.4 Å². The Labute approximate surface area is 125 Å². The number of hydrogen-bond donors (Lipinski definition) is 0. The second-order valence-electron chi connectivity index (χ2n) is 3.58. The van der Waals surface area contributed by atoms with Crippen molar-refractivity contribution in [2.24, 2.45) is 0 Å². The largest absolute Gasteiger partial charge is 0.436 e. The van der Waals surface area contributed by atoms with Gasteiger partial charge in [-0.2, -0.15) is 0 Å². The first-order chi connectivity index (χ1) is 8.72. The molecule has 3 rings (SSSR count). The summed E-state index contributed by atoms with van der Waals surface area (Å²) < 4.78 is 9.48. The van der Waals surface area contributed by atoms with Crippen molar-refractivity contribution in [3.8, 4) is 11.6 Å². The van der Waals surface area contributed by atoms with Crippen molar-refractivity contribution >= 4 is 44.2 Å². The molecule has 18 heavy (non-hydrogen) atoms. The Morgan fingerprint density at radius 1 is 1.22 bits per heavy atom. The van der Waals surface area contributed by atoms with Gasteiger partial charge in [-0.25, -0.2) is 9.97 Å². The van der Waals surface area contributed by atoms with E-state index < -0.39 is 0 Å². The van der Waals surface area contributed by atoms with E-state index in [-0.39, 0.29) is 0 Å². The molecule has 4 nitrogen and oxygen atoms in total. The van der Waals surface area contributed by atoms with Crippen LogP contribution in [0.3, 0.4) is 0 Å². The van der Waals surface area contributed by atoms with Gasteiger partial charge in [0.15, 0.2) is 0 Å². The Kier molecular flexibility index (Phi) is 3.21. The zero-order valence-electron chi connectivity index (χ0n) is 9.05. The van der Waals surface area contributed by atoms with Crippen molar-refractivity contribution in [1.82, 2.24) is 14.4 Å². The molecule has 90 valence electrons. The molecular formula is C12H7BrIN3O. The molecule has 0 aliphatic heterocycles. The molecule has 0 unspecified atom stereocenters. The van der Waals surface area contributed by atoms with E-state index in [4.69, 9.17) is 4.74 Å². The zero-order valence-corrected chi connectivity index (χ0v) is 12.8. The van der Waals surface area contributed by atoms with E-state index in [9.17, 15) is 0 Å². The second kappa shape index (κ2) is 4.85. The normalized spacial score (nSPS) is 10.8. The van der Waals surface area contributed by atoms with Gasteiger partial charge in [0.1, 0.15) is 10.4 Å². The molecule has 0 N–H and O–H groups in total. The average molecular weight is 416 g/mol. The van der Waals surface area contributed by atoms with Gasteiger partial charge in [-0.1, -0.05) is 0 Å². The van der Waals surface area contributed by atoms with Gasteiger partial charge in [-0.3, -0.25) is 4.40 Å². The van der Waals surface area contributed by atoms with E-state index in [0.717, 1.165) is 9.32 Å². The van der Waals surface area contributed by atoms with Gasteiger partial charge in [-0.05, 0) is 62.8 Å². The van der Waals surface area contributed by atoms with Gasteiger partial charge in [-0.15, -0.1) is 0 Å².